The quantitative estimate of drug-likeness (QED) is 0.545. The highest BCUT2D eigenvalue weighted by atomic mass is 35.5. The third kappa shape index (κ3) is 5.14. The topological polar surface area (TPSA) is 57.9 Å². The predicted octanol–water partition coefficient (Wildman–Crippen LogP) is 4.30. The molecule has 1 aliphatic heterocycles. The van der Waals surface area contributed by atoms with Crippen LogP contribution in [0.4, 0.5) is 0 Å². The number of pyridine rings is 1. The maximum absolute atomic E-state index is 13.9. The van der Waals surface area contributed by atoms with Crippen molar-refractivity contribution in [1.29, 1.82) is 0 Å². The van der Waals surface area contributed by atoms with Crippen molar-refractivity contribution < 1.29 is 9.84 Å². The van der Waals surface area contributed by atoms with E-state index >= 15 is 0 Å². The Bertz CT molecular complexity index is 1170. The van der Waals surface area contributed by atoms with Crippen LogP contribution in [-0.4, -0.2) is 59.3 Å². The lowest BCUT2D eigenvalue weighted by Crippen LogP contribution is -2.48. The van der Waals surface area contributed by atoms with E-state index in [1.54, 1.807) is 17.7 Å². The van der Waals surface area contributed by atoms with Gasteiger partial charge in [0.25, 0.3) is 5.56 Å². The highest BCUT2D eigenvalue weighted by Gasteiger charge is 2.31. The first-order valence-electron chi connectivity index (χ1n) is 11.7. The number of hydrogen-bond donors (Lipinski definition) is 1. The van der Waals surface area contributed by atoms with Crippen molar-refractivity contribution in [3.8, 4) is 11.5 Å². The normalized spacial score (nSPS) is 15.9. The summed E-state index contributed by atoms with van der Waals surface area (Å²) >= 11 is 6.16. The number of methoxy groups -OCH3 is 1. The van der Waals surface area contributed by atoms with Crippen LogP contribution in [0.2, 0.25) is 5.02 Å². The van der Waals surface area contributed by atoms with Crippen LogP contribution in [0, 0.1) is 6.92 Å². The second-order valence-corrected chi connectivity index (χ2v) is 9.18. The van der Waals surface area contributed by atoms with Crippen LogP contribution in [0.5, 0.6) is 11.5 Å². The predicted molar refractivity (Wildman–Crippen MR) is 136 cm³/mol. The Morgan fingerprint density at radius 2 is 1.68 bits per heavy atom. The Morgan fingerprint density at radius 1 is 1.03 bits per heavy atom. The van der Waals surface area contributed by atoms with Gasteiger partial charge >= 0.3 is 0 Å². The van der Waals surface area contributed by atoms with Crippen LogP contribution >= 0.6 is 11.6 Å². The number of aromatic hydroxyl groups is 1. The summed E-state index contributed by atoms with van der Waals surface area (Å²) in [4.78, 5) is 18.6. The van der Waals surface area contributed by atoms with Crippen molar-refractivity contribution in [2.24, 2.45) is 0 Å². The number of hydrogen-bond acceptors (Lipinski definition) is 5. The molecular formula is C27H32ClN3O3. The Labute approximate surface area is 206 Å². The van der Waals surface area contributed by atoms with Crippen molar-refractivity contribution in [2.75, 3.05) is 39.8 Å². The average molecular weight is 482 g/mol. The molecule has 6 nitrogen and oxygen atoms in total. The van der Waals surface area contributed by atoms with Crippen LogP contribution in [0.1, 0.15) is 35.3 Å². The van der Waals surface area contributed by atoms with E-state index < -0.39 is 0 Å². The zero-order valence-electron chi connectivity index (χ0n) is 20.0. The molecule has 1 fully saturated rings. The lowest BCUT2D eigenvalue weighted by molar-refractivity contribution is 0.111. The van der Waals surface area contributed by atoms with Gasteiger partial charge < -0.3 is 19.3 Å². The first-order valence-corrected chi connectivity index (χ1v) is 12.1. The molecule has 0 spiro atoms. The molecule has 1 N–H and O–H groups in total. The van der Waals surface area contributed by atoms with E-state index in [0.29, 0.717) is 22.8 Å². The minimum Gasteiger partial charge on any atom is -0.507 e. The SMILES string of the molecule is CCN1CCN([C@H](c2ccc(Cl)cc2)c2c(O)cc(C)n(Cc3ccc(OC)cc3)c2=O)CC1. The highest BCUT2D eigenvalue weighted by Crippen LogP contribution is 2.34. The summed E-state index contributed by atoms with van der Waals surface area (Å²) in [5.41, 5.74) is 2.88. The lowest BCUT2D eigenvalue weighted by Gasteiger charge is -2.39. The fourth-order valence-corrected chi connectivity index (χ4v) is 4.80. The van der Waals surface area contributed by atoms with E-state index in [4.69, 9.17) is 16.3 Å². The maximum atomic E-state index is 13.9. The molecule has 7 heteroatoms. The maximum Gasteiger partial charge on any atom is 0.259 e. The van der Waals surface area contributed by atoms with Gasteiger partial charge in [-0.2, -0.15) is 0 Å². The number of benzene rings is 2. The number of ether oxygens (including phenoxy) is 1. The lowest BCUT2D eigenvalue weighted by atomic mass is 9.96. The third-order valence-electron chi connectivity index (χ3n) is 6.70. The molecule has 2 aromatic carbocycles. The van der Waals surface area contributed by atoms with Crippen LogP contribution in [0.3, 0.4) is 0 Å². The number of likely N-dealkylation sites (N-methyl/N-ethyl adjacent to an activating group) is 1. The van der Waals surface area contributed by atoms with Crippen molar-refractivity contribution in [3.63, 3.8) is 0 Å². The van der Waals surface area contributed by atoms with Gasteiger partial charge in [-0.3, -0.25) is 9.69 Å². The summed E-state index contributed by atoms with van der Waals surface area (Å²) in [7, 11) is 1.63. The second kappa shape index (κ2) is 10.6. The minimum atomic E-state index is -0.355. The van der Waals surface area contributed by atoms with Gasteiger partial charge in [0.15, 0.2) is 0 Å². The molecular weight excluding hydrogens is 450 g/mol. The van der Waals surface area contributed by atoms with Gasteiger partial charge in [0, 0.05) is 36.9 Å². The number of nitrogens with zero attached hydrogens (tertiary/aromatic N) is 3. The molecule has 34 heavy (non-hydrogen) atoms. The van der Waals surface area contributed by atoms with Gasteiger partial charge in [0.2, 0.25) is 0 Å². The summed E-state index contributed by atoms with van der Waals surface area (Å²) in [5, 5.41) is 11.7. The number of rotatable bonds is 7. The zero-order valence-corrected chi connectivity index (χ0v) is 20.8. The Morgan fingerprint density at radius 3 is 2.26 bits per heavy atom. The number of aromatic nitrogens is 1. The molecule has 1 aromatic heterocycles. The molecule has 2 heterocycles. The van der Waals surface area contributed by atoms with Gasteiger partial charge in [-0.25, -0.2) is 0 Å². The van der Waals surface area contributed by atoms with E-state index in [1.807, 2.05) is 55.5 Å². The smallest absolute Gasteiger partial charge is 0.259 e. The van der Waals surface area contributed by atoms with Crippen molar-refractivity contribution in [3.05, 3.63) is 92.4 Å². The first-order chi connectivity index (χ1) is 16.4. The summed E-state index contributed by atoms with van der Waals surface area (Å²) < 4.78 is 6.99. The van der Waals surface area contributed by atoms with E-state index in [2.05, 4.69) is 16.7 Å². The average Bonchev–Trinajstić information content (AvgIpc) is 2.85. The standard InChI is InChI=1S/C27H32ClN3O3/c1-4-29-13-15-30(16-14-29)26(21-7-9-22(28)10-8-21)25-24(32)17-19(2)31(27(25)33)18-20-5-11-23(34-3)12-6-20/h5-12,17,26,32H,4,13-16,18H2,1-3H3/t26-/m1/s1. The molecule has 0 radical (unpaired) electrons. The highest BCUT2D eigenvalue weighted by molar-refractivity contribution is 6.30. The van der Waals surface area contributed by atoms with E-state index in [1.165, 1.54) is 0 Å². The number of piperazine rings is 1. The van der Waals surface area contributed by atoms with Crippen molar-refractivity contribution >= 4 is 11.6 Å². The number of aryl methyl sites for hydroxylation is 1. The summed E-state index contributed by atoms with van der Waals surface area (Å²) in [5.74, 6) is 0.805. The molecule has 0 bridgehead atoms. The fourth-order valence-electron chi connectivity index (χ4n) is 4.68. The molecule has 4 rings (SSSR count). The van der Waals surface area contributed by atoms with Gasteiger partial charge in [-0.15, -0.1) is 0 Å². The van der Waals surface area contributed by atoms with Gasteiger partial charge in [-0.05, 0) is 54.9 Å². The van der Waals surface area contributed by atoms with Gasteiger partial charge in [-0.1, -0.05) is 42.8 Å². The molecule has 0 amide bonds. The Hall–Kier alpha value is -2.80. The van der Waals surface area contributed by atoms with Crippen molar-refractivity contribution in [1.82, 2.24) is 14.4 Å². The minimum absolute atomic E-state index is 0.0337. The summed E-state index contributed by atoms with van der Waals surface area (Å²) in [6.45, 7) is 8.91. The monoisotopic (exact) mass is 481 g/mol. The molecule has 1 saturated heterocycles. The Kier molecular flexibility index (Phi) is 7.61. The molecule has 1 atom stereocenters. The van der Waals surface area contributed by atoms with Crippen molar-refractivity contribution in [2.45, 2.75) is 26.4 Å². The largest absolute Gasteiger partial charge is 0.507 e. The van der Waals surface area contributed by atoms with Gasteiger partial charge in [0.05, 0.1) is 25.3 Å². The summed E-state index contributed by atoms with van der Waals surface area (Å²) in [6, 6.07) is 16.6. The molecule has 0 saturated carbocycles. The van der Waals surface area contributed by atoms with E-state index in [0.717, 1.165) is 49.6 Å². The van der Waals surface area contributed by atoms with E-state index in [9.17, 15) is 9.90 Å². The molecule has 0 aliphatic carbocycles. The Balaban J connectivity index is 1.78. The zero-order chi connectivity index (χ0) is 24.2. The summed E-state index contributed by atoms with van der Waals surface area (Å²) in [6.07, 6.45) is 0. The van der Waals surface area contributed by atoms with Crippen LogP contribution in [0.25, 0.3) is 0 Å². The molecule has 1 aliphatic rings. The first kappa shape index (κ1) is 24.3. The number of halogens is 1. The molecule has 180 valence electrons. The third-order valence-corrected chi connectivity index (χ3v) is 6.95. The van der Waals surface area contributed by atoms with E-state index in [-0.39, 0.29) is 17.4 Å². The fraction of sp³-hybridized carbons (Fsp3) is 0.370. The molecule has 3 aromatic rings. The van der Waals surface area contributed by atoms with Gasteiger partial charge in [0.1, 0.15) is 11.5 Å². The van der Waals surface area contributed by atoms with Crippen LogP contribution in [-0.2, 0) is 6.54 Å². The van der Waals surface area contributed by atoms with Crippen LogP contribution < -0.4 is 10.3 Å². The second-order valence-electron chi connectivity index (χ2n) is 8.75. The van der Waals surface area contributed by atoms with Crippen LogP contribution in [0.15, 0.2) is 59.4 Å². The molecule has 0 unspecified atom stereocenters.